The van der Waals surface area contributed by atoms with Crippen LogP contribution in [0.1, 0.15) is 18.1 Å². The highest BCUT2D eigenvalue weighted by atomic mass is 32.2. The number of halogens is 3. The summed E-state index contributed by atoms with van der Waals surface area (Å²) in [6.07, 6.45) is -4.70. The molecule has 0 saturated heterocycles. The van der Waals surface area contributed by atoms with Crippen molar-refractivity contribution in [1.82, 2.24) is 4.98 Å². The maximum atomic E-state index is 13.3. The number of carbonyl (C=O) groups is 1. The lowest BCUT2D eigenvalue weighted by Crippen LogP contribution is -2.23. The van der Waals surface area contributed by atoms with Gasteiger partial charge >= 0.3 is 6.18 Å². The fourth-order valence-electron chi connectivity index (χ4n) is 1.71. The number of hydrogen-bond donors (Lipinski definition) is 1. The molecule has 1 atom stereocenters. The average Bonchev–Trinajstić information content (AvgIpc) is 2.99. The standard InChI is InChI=1S/C14H10F3N3OS2/c1-7(12(19)21)23-13-8(6-18)9(14(15,16)17)5-10(20-13)11-3-2-4-22-11/h2-5,7H,1H3,(H2,19,21). The summed E-state index contributed by atoms with van der Waals surface area (Å²) in [6, 6.07) is 5.70. The molecule has 1 amide bonds. The molecule has 0 aliphatic carbocycles. The summed E-state index contributed by atoms with van der Waals surface area (Å²) < 4.78 is 39.8. The smallest absolute Gasteiger partial charge is 0.369 e. The van der Waals surface area contributed by atoms with E-state index in [9.17, 15) is 18.0 Å². The van der Waals surface area contributed by atoms with E-state index in [4.69, 9.17) is 11.0 Å². The second kappa shape index (κ2) is 6.60. The fraction of sp³-hybridized carbons (Fsp3) is 0.214. The highest BCUT2D eigenvalue weighted by Crippen LogP contribution is 2.39. The quantitative estimate of drug-likeness (QED) is 0.847. The molecule has 1 unspecified atom stereocenters. The topological polar surface area (TPSA) is 79.8 Å². The number of rotatable bonds is 4. The Morgan fingerprint density at radius 3 is 2.70 bits per heavy atom. The van der Waals surface area contributed by atoms with Gasteiger partial charge in [0.25, 0.3) is 0 Å². The Labute approximate surface area is 138 Å². The number of nitriles is 1. The third kappa shape index (κ3) is 3.83. The van der Waals surface area contributed by atoms with Crippen LogP contribution in [0, 0.1) is 11.3 Å². The van der Waals surface area contributed by atoms with Gasteiger partial charge in [-0.3, -0.25) is 4.79 Å². The fourth-order valence-corrected chi connectivity index (χ4v) is 3.28. The number of pyridine rings is 1. The van der Waals surface area contributed by atoms with E-state index in [1.54, 1.807) is 17.5 Å². The van der Waals surface area contributed by atoms with Crippen LogP contribution in [0.25, 0.3) is 10.6 Å². The van der Waals surface area contributed by atoms with Crippen LogP contribution in [0.4, 0.5) is 13.2 Å². The van der Waals surface area contributed by atoms with Crippen LogP contribution in [-0.2, 0) is 11.0 Å². The monoisotopic (exact) mass is 357 g/mol. The first kappa shape index (κ1) is 17.3. The number of carbonyl (C=O) groups excluding carboxylic acids is 1. The van der Waals surface area contributed by atoms with Gasteiger partial charge in [0.2, 0.25) is 5.91 Å². The first-order valence-corrected chi connectivity index (χ1v) is 8.02. The van der Waals surface area contributed by atoms with Gasteiger partial charge in [0.05, 0.1) is 26.9 Å². The van der Waals surface area contributed by atoms with Crippen LogP contribution in [-0.4, -0.2) is 16.1 Å². The summed E-state index contributed by atoms with van der Waals surface area (Å²) in [5.74, 6) is -0.698. The number of thioether (sulfide) groups is 1. The lowest BCUT2D eigenvalue weighted by molar-refractivity contribution is -0.138. The minimum absolute atomic E-state index is 0.102. The van der Waals surface area contributed by atoms with E-state index in [-0.39, 0.29) is 10.7 Å². The van der Waals surface area contributed by atoms with Crippen molar-refractivity contribution in [1.29, 1.82) is 5.26 Å². The molecule has 2 aromatic heterocycles. The third-order valence-electron chi connectivity index (χ3n) is 2.87. The number of primary amides is 1. The SMILES string of the molecule is CC(Sc1nc(-c2cccs2)cc(C(F)(F)F)c1C#N)C(N)=O. The Hall–Kier alpha value is -2.05. The van der Waals surface area contributed by atoms with Crippen molar-refractivity contribution in [2.24, 2.45) is 5.73 Å². The second-order valence-corrected chi connectivity index (χ2v) is 6.76. The van der Waals surface area contributed by atoms with E-state index in [1.165, 1.54) is 24.3 Å². The zero-order chi connectivity index (χ0) is 17.2. The molecule has 0 saturated carbocycles. The predicted molar refractivity (Wildman–Crippen MR) is 81.8 cm³/mol. The number of amides is 1. The largest absolute Gasteiger partial charge is 0.417 e. The molecule has 0 aliphatic rings. The van der Waals surface area contributed by atoms with Crippen LogP contribution >= 0.6 is 23.1 Å². The van der Waals surface area contributed by atoms with Crippen molar-refractivity contribution in [3.8, 4) is 16.6 Å². The van der Waals surface area contributed by atoms with Gasteiger partial charge in [-0.15, -0.1) is 11.3 Å². The Kier molecular flexibility index (Phi) is 4.97. The van der Waals surface area contributed by atoms with E-state index in [0.29, 0.717) is 4.88 Å². The highest BCUT2D eigenvalue weighted by molar-refractivity contribution is 8.00. The predicted octanol–water partition coefficient (Wildman–Crippen LogP) is 3.67. The van der Waals surface area contributed by atoms with E-state index in [0.717, 1.165) is 17.8 Å². The second-order valence-electron chi connectivity index (χ2n) is 4.48. The highest BCUT2D eigenvalue weighted by Gasteiger charge is 2.36. The Morgan fingerprint density at radius 2 is 2.22 bits per heavy atom. The summed E-state index contributed by atoms with van der Waals surface area (Å²) in [4.78, 5) is 15.8. The lowest BCUT2D eigenvalue weighted by atomic mass is 10.1. The number of aromatic nitrogens is 1. The Balaban J connectivity index is 2.65. The molecule has 2 aromatic rings. The van der Waals surface area contributed by atoms with Gasteiger partial charge in [0.1, 0.15) is 11.1 Å². The lowest BCUT2D eigenvalue weighted by Gasteiger charge is -2.15. The van der Waals surface area contributed by atoms with Gasteiger partial charge < -0.3 is 5.73 Å². The van der Waals surface area contributed by atoms with E-state index < -0.39 is 28.5 Å². The molecule has 23 heavy (non-hydrogen) atoms. The Bertz CT molecular complexity index is 767. The molecule has 9 heteroatoms. The number of hydrogen-bond acceptors (Lipinski definition) is 5. The molecule has 0 bridgehead atoms. The van der Waals surface area contributed by atoms with Crippen molar-refractivity contribution in [2.45, 2.75) is 23.4 Å². The summed E-state index contributed by atoms with van der Waals surface area (Å²) in [7, 11) is 0. The van der Waals surface area contributed by atoms with Crippen molar-refractivity contribution in [3.63, 3.8) is 0 Å². The van der Waals surface area contributed by atoms with E-state index in [2.05, 4.69) is 4.98 Å². The Morgan fingerprint density at radius 1 is 1.52 bits per heavy atom. The van der Waals surface area contributed by atoms with Gasteiger partial charge in [-0.2, -0.15) is 18.4 Å². The molecule has 2 heterocycles. The molecule has 0 spiro atoms. The van der Waals surface area contributed by atoms with Gasteiger partial charge in [-0.1, -0.05) is 17.8 Å². The summed E-state index contributed by atoms with van der Waals surface area (Å²) in [5, 5.41) is 9.86. The van der Waals surface area contributed by atoms with E-state index in [1.807, 2.05) is 0 Å². The van der Waals surface area contributed by atoms with Crippen molar-refractivity contribution < 1.29 is 18.0 Å². The summed E-state index contributed by atoms with van der Waals surface area (Å²) >= 11 is 1.97. The number of nitrogens with two attached hydrogens (primary N) is 1. The molecular weight excluding hydrogens is 347 g/mol. The molecular formula is C14H10F3N3OS2. The maximum absolute atomic E-state index is 13.3. The van der Waals surface area contributed by atoms with Crippen LogP contribution in [0.5, 0.6) is 0 Å². The number of nitrogens with zero attached hydrogens (tertiary/aromatic N) is 2. The van der Waals surface area contributed by atoms with Crippen LogP contribution in [0.2, 0.25) is 0 Å². The van der Waals surface area contributed by atoms with Crippen molar-refractivity contribution in [2.75, 3.05) is 0 Å². The van der Waals surface area contributed by atoms with Gasteiger partial charge in [-0.25, -0.2) is 4.98 Å². The molecule has 4 nitrogen and oxygen atoms in total. The van der Waals surface area contributed by atoms with Crippen molar-refractivity contribution >= 4 is 29.0 Å². The first-order chi connectivity index (χ1) is 10.7. The third-order valence-corrected chi connectivity index (χ3v) is 4.86. The van der Waals surface area contributed by atoms with Crippen LogP contribution < -0.4 is 5.73 Å². The zero-order valence-electron chi connectivity index (χ0n) is 11.7. The van der Waals surface area contributed by atoms with Crippen LogP contribution in [0.3, 0.4) is 0 Å². The molecule has 0 aliphatic heterocycles. The van der Waals surface area contributed by atoms with Gasteiger partial charge in [-0.05, 0) is 24.4 Å². The number of thiophene rings is 1. The molecule has 0 aromatic carbocycles. The number of alkyl halides is 3. The molecule has 0 fully saturated rings. The molecule has 2 N–H and O–H groups in total. The molecule has 0 radical (unpaired) electrons. The first-order valence-electron chi connectivity index (χ1n) is 6.26. The van der Waals surface area contributed by atoms with E-state index >= 15 is 0 Å². The minimum atomic E-state index is -4.70. The maximum Gasteiger partial charge on any atom is 0.417 e. The summed E-state index contributed by atoms with van der Waals surface area (Å²) in [5.41, 5.74) is 3.57. The van der Waals surface area contributed by atoms with Gasteiger partial charge in [0.15, 0.2) is 0 Å². The van der Waals surface area contributed by atoms with Crippen molar-refractivity contribution in [3.05, 3.63) is 34.7 Å². The van der Waals surface area contributed by atoms with Crippen LogP contribution in [0.15, 0.2) is 28.6 Å². The average molecular weight is 357 g/mol. The summed E-state index contributed by atoms with van der Waals surface area (Å²) in [6.45, 7) is 1.45. The molecule has 120 valence electrons. The minimum Gasteiger partial charge on any atom is -0.369 e. The zero-order valence-corrected chi connectivity index (χ0v) is 13.4. The van der Waals surface area contributed by atoms with Gasteiger partial charge in [0, 0.05) is 0 Å². The normalized spacial score (nSPS) is 12.7. The molecule has 2 rings (SSSR count).